The molecule has 27 heavy (non-hydrogen) atoms. The van der Waals surface area contributed by atoms with Crippen LogP contribution in [0, 0.1) is 29.1 Å². The summed E-state index contributed by atoms with van der Waals surface area (Å²) in [4.78, 5) is 35.9. The number of ketones is 1. The molecule has 2 rings (SSSR count). The first kappa shape index (κ1) is 21.9. The fraction of sp³-hybridized carbons (Fsp3) is 0.864. The van der Waals surface area contributed by atoms with E-state index in [9.17, 15) is 14.4 Å². The van der Waals surface area contributed by atoms with E-state index in [0.29, 0.717) is 24.0 Å². The zero-order valence-electron chi connectivity index (χ0n) is 17.6. The molecule has 2 aliphatic carbocycles. The third kappa shape index (κ3) is 4.91. The highest BCUT2D eigenvalue weighted by molar-refractivity contribution is 5.82. The Morgan fingerprint density at radius 1 is 1.33 bits per heavy atom. The van der Waals surface area contributed by atoms with Gasteiger partial charge < -0.3 is 9.47 Å². The Morgan fingerprint density at radius 3 is 2.63 bits per heavy atom. The SMILES string of the molecule is CC[C@H]1[C@H](CCCC(C)C(=O)OC)C(=O)C[C@@H]2C[C@H](OC(C)=O)CC[C@@]21C. The van der Waals surface area contributed by atoms with Crippen LogP contribution in [0.5, 0.6) is 0 Å². The fourth-order valence-electron chi connectivity index (χ4n) is 5.68. The summed E-state index contributed by atoms with van der Waals surface area (Å²) in [5.41, 5.74) is 0.137. The van der Waals surface area contributed by atoms with Crippen LogP contribution in [0.4, 0.5) is 0 Å². The Bertz CT molecular complexity index is 557. The van der Waals surface area contributed by atoms with Crippen LogP contribution < -0.4 is 0 Å². The van der Waals surface area contributed by atoms with Crippen molar-refractivity contribution in [1.29, 1.82) is 0 Å². The van der Waals surface area contributed by atoms with Gasteiger partial charge in [0, 0.05) is 19.3 Å². The van der Waals surface area contributed by atoms with Gasteiger partial charge in [0.25, 0.3) is 0 Å². The molecule has 2 aliphatic rings. The third-order valence-corrected chi connectivity index (χ3v) is 7.21. The molecule has 0 spiro atoms. The first-order valence-electron chi connectivity index (χ1n) is 10.5. The van der Waals surface area contributed by atoms with Crippen molar-refractivity contribution in [2.24, 2.45) is 29.1 Å². The summed E-state index contributed by atoms with van der Waals surface area (Å²) in [6, 6.07) is 0. The molecule has 1 unspecified atom stereocenters. The summed E-state index contributed by atoms with van der Waals surface area (Å²) in [5, 5.41) is 0. The molecular weight excluding hydrogens is 344 g/mol. The maximum atomic E-state index is 13.0. The first-order chi connectivity index (χ1) is 12.7. The molecule has 0 aromatic carbocycles. The average Bonchev–Trinajstić information content (AvgIpc) is 2.61. The molecule has 0 aliphatic heterocycles. The zero-order chi connectivity index (χ0) is 20.2. The lowest BCUT2D eigenvalue weighted by Gasteiger charge is -2.54. The fourth-order valence-corrected chi connectivity index (χ4v) is 5.68. The number of Topliss-reactive ketones (excluding diaryl/α,β-unsaturated/α-hetero) is 1. The van der Waals surface area contributed by atoms with Crippen molar-refractivity contribution in [1.82, 2.24) is 0 Å². The van der Waals surface area contributed by atoms with Crippen molar-refractivity contribution >= 4 is 17.7 Å². The number of fused-ring (bicyclic) bond motifs is 1. The standard InChI is InChI=1S/C22H36O5/c1-6-19-18(9-7-8-14(2)21(25)26-5)20(24)13-16-12-17(27-15(3)23)10-11-22(16,19)4/h14,16-19H,6-13H2,1-5H3/t14?,16-,17+,18-,19-,22-/m0/s1. The second-order valence-corrected chi connectivity index (χ2v) is 8.86. The van der Waals surface area contributed by atoms with Crippen LogP contribution in [0.15, 0.2) is 0 Å². The minimum absolute atomic E-state index is 0.0386. The molecule has 0 amide bonds. The van der Waals surface area contributed by atoms with Crippen molar-refractivity contribution < 1.29 is 23.9 Å². The van der Waals surface area contributed by atoms with E-state index in [1.807, 2.05) is 6.92 Å². The summed E-state index contributed by atoms with van der Waals surface area (Å²) < 4.78 is 10.2. The topological polar surface area (TPSA) is 69.7 Å². The van der Waals surface area contributed by atoms with Gasteiger partial charge in [-0.25, -0.2) is 0 Å². The third-order valence-electron chi connectivity index (χ3n) is 7.21. The molecule has 5 nitrogen and oxygen atoms in total. The number of methoxy groups -OCH3 is 1. The van der Waals surface area contributed by atoms with Crippen LogP contribution in [-0.2, 0) is 23.9 Å². The van der Waals surface area contributed by atoms with Gasteiger partial charge in [0.1, 0.15) is 11.9 Å². The van der Waals surface area contributed by atoms with Crippen LogP contribution in [0.25, 0.3) is 0 Å². The van der Waals surface area contributed by atoms with Gasteiger partial charge in [0.05, 0.1) is 13.0 Å². The lowest BCUT2D eigenvalue weighted by atomic mass is 9.50. The number of esters is 2. The van der Waals surface area contributed by atoms with Gasteiger partial charge in [-0.05, 0) is 49.4 Å². The molecular formula is C22H36O5. The van der Waals surface area contributed by atoms with Crippen LogP contribution in [-0.4, -0.2) is 30.9 Å². The van der Waals surface area contributed by atoms with E-state index in [-0.39, 0.29) is 35.3 Å². The normalized spacial score (nSPS) is 34.5. The van der Waals surface area contributed by atoms with Gasteiger partial charge in [0.2, 0.25) is 0 Å². The maximum absolute atomic E-state index is 13.0. The van der Waals surface area contributed by atoms with Crippen molar-refractivity contribution in [2.75, 3.05) is 7.11 Å². The van der Waals surface area contributed by atoms with Gasteiger partial charge in [-0.15, -0.1) is 0 Å². The minimum Gasteiger partial charge on any atom is -0.469 e. The first-order valence-corrected chi connectivity index (χ1v) is 10.5. The van der Waals surface area contributed by atoms with Gasteiger partial charge in [0.15, 0.2) is 0 Å². The Kier molecular flexibility index (Phi) is 7.47. The van der Waals surface area contributed by atoms with Crippen LogP contribution in [0.1, 0.15) is 79.1 Å². The Balaban J connectivity index is 2.02. The predicted octanol–water partition coefficient (Wildman–Crippen LogP) is 4.32. The van der Waals surface area contributed by atoms with Gasteiger partial charge >= 0.3 is 11.9 Å². The van der Waals surface area contributed by atoms with Gasteiger partial charge in [-0.2, -0.15) is 0 Å². The molecule has 0 aromatic rings. The number of hydrogen-bond donors (Lipinski definition) is 0. The predicted molar refractivity (Wildman–Crippen MR) is 103 cm³/mol. The van der Waals surface area contributed by atoms with E-state index in [4.69, 9.17) is 9.47 Å². The Morgan fingerprint density at radius 2 is 2.04 bits per heavy atom. The summed E-state index contributed by atoms with van der Waals surface area (Å²) in [5.74, 6) is 0.609. The number of ether oxygens (including phenoxy) is 2. The van der Waals surface area contributed by atoms with Crippen molar-refractivity contribution in [2.45, 2.75) is 85.2 Å². The van der Waals surface area contributed by atoms with E-state index in [2.05, 4.69) is 13.8 Å². The van der Waals surface area contributed by atoms with E-state index in [1.165, 1.54) is 14.0 Å². The summed E-state index contributed by atoms with van der Waals surface area (Å²) >= 11 is 0. The van der Waals surface area contributed by atoms with Gasteiger partial charge in [-0.3, -0.25) is 14.4 Å². The van der Waals surface area contributed by atoms with E-state index < -0.39 is 0 Å². The van der Waals surface area contributed by atoms with E-state index >= 15 is 0 Å². The number of rotatable bonds is 7. The van der Waals surface area contributed by atoms with Crippen LogP contribution in [0.3, 0.4) is 0 Å². The molecule has 154 valence electrons. The van der Waals surface area contributed by atoms with E-state index in [0.717, 1.165) is 44.9 Å². The van der Waals surface area contributed by atoms with Crippen molar-refractivity contribution in [3.63, 3.8) is 0 Å². The summed E-state index contributed by atoms with van der Waals surface area (Å²) in [6.45, 7) is 7.87. The molecule has 0 N–H and O–H groups in total. The highest BCUT2D eigenvalue weighted by Crippen LogP contribution is 2.56. The number of carbonyl (C=O) groups is 3. The quantitative estimate of drug-likeness (QED) is 0.615. The summed E-state index contributed by atoms with van der Waals surface area (Å²) in [6.07, 6.45) is 6.76. The number of carbonyl (C=O) groups excluding carboxylic acids is 3. The molecule has 0 heterocycles. The monoisotopic (exact) mass is 380 g/mol. The molecule has 0 radical (unpaired) electrons. The highest BCUT2D eigenvalue weighted by Gasteiger charge is 2.53. The van der Waals surface area contributed by atoms with Crippen LogP contribution >= 0.6 is 0 Å². The zero-order valence-corrected chi connectivity index (χ0v) is 17.6. The molecule has 0 aromatic heterocycles. The van der Waals surface area contributed by atoms with Crippen molar-refractivity contribution in [3.05, 3.63) is 0 Å². The minimum atomic E-state index is -0.226. The second-order valence-electron chi connectivity index (χ2n) is 8.86. The molecule has 5 heteroatoms. The highest BCUT2D eigenvalue weighted by atomic mass is 16.5. The lowest BCUT2D eigenvalue weighted by molar-refractivity contribution is -0.157. The molecule has 0 bridgehead atoms. The largest absolute Gasteiger partial charge is 0.469 e. The maximum Gasteiger partial charge on any atom is 0.308 e. The molecule has 6 atom stereocenters. The number of hydrogen-bond acceptors (Lipinski definition) is 5. The molecule has 2 saturated carbocycles. The second kappa shape index (κ2) is 9.20. The smallest absolute Gasteiger partial charge is 0.308 e. The van der Waals surface area contributed by atoms with Crippen molar-refractivity contribution in [3.8, 4) is 0 Å². The lowest BCUT2D eigenvalue weighted by Crippen LogP contribution is -2.51. The van der Waals surface area contributed by atoms with E-state index in [1.54, 1.807) is 0 Å². The van der Waals surface area contributed by atoms with Gasteiger partial charge in [-0.1, -0.05) is 33.6 Å². The molecule has 2 fully saturated rings. The average molecular weight is 381 g/mol. The van der Waals surface area contributed by atoms with Crippen LogP contribution in [0.2, 0.25) is 0 Å². The Hall–Kier alpha value is -1.39. The molecule has 0 saturated heterocycles. The summed E-state index contributed by atoms with van der Waals surface area (Å²) in [7, 11) is 1.42. The Labute approximate surface area is 163 Å².